The number of benzene rings is 1. The normalized spacial score (nSPS) is 18.2. The largest absolute Gasteiger partial charge is 0.370 e. The van der Waals surface area contributed by atoms with Crippen molar-refractivity contribution in [2.45, 2.75) is 26.4 Å². The lowest BCUT2D eigenvalue weighted by Crippen LogP contribution is -2.48. The highest BCUT2D eigenvalue weighted by Crippen LogP contribution is 2.21. The fourth-order valence-electron chi connectivity index (χ4n) is 3.25. The first kappa shape index (κ1) is 18.5. The van der Waals surface area contributed by atoms with Crippen molar-refractivity contribution in [3.05, 3.63) is 53.3 Å². The number of guanidine groups is 1. The average Bonchev–Trinajstić information content (AvgIpc) is 3.09. The molecule has 2 heterocycles. The van der Waals surface area contributed by atoms with Gasteiger partial charge in [-0.15, -0.1) is 0 Å². The van der Waals surface area contributed by atoms with Crippen LogP contribution < -0.4 is 5.32 Å². The molecule has 1 atom stereocenters. The number of aryl methyl sites for hydroxylation is 2. The Kier molecular flexibility index (Phi) is 6.28. The first-order chi connectivity index (χ1) is 12.7. The van der Waals surface area contributed by atoms with Crippen molar-refractivity contribution < 1.29 is 4.74 Å². The van der Waals surface area contributed by atoms with E-state index in [9.17, 15) is 0 Å². The number of nitrogens with zero attached hydrogens (tertiary/aromatic N) is 4. The minimum atomic E-state index is 0.0395. The zero-order valence-corrected chi connectivity index (χ0v) is 16.0. The van der Waals surface area contributed by atoms with Crippen LogP contribution in [0.3, 0.4) is 0 Å². The molecule has 0 radical (unpaired) electrons. The Morgan fingerprint density at radius 3 is 2.96 bits per heavy atom. The molecule has 6 nitrogen and oxygen atoms in total. The summed E-state index contributed by atoms with van der Waals surface area (Å²) in [6.07, 6.45) is 4.91. The molecule has 140 valence electrons. The van der Waals surface area contributed by atoms with E-state index < -0.39 is 0 Å². The van der Waals surface area contributed by atoms with E-state index in [1.54, 1.807) is 0 Å². The molecule has 2 aromatic rings. The zero-order chi connectivity index (χ0) is 18.4. The molecule has 1 saturated heterocycles. The summed E-state index contributed by atoms with van der Waals surface area (Å²) in [6.45, 7) is 8.25. The third kappa shape index (κ3) is 4.64. The van der Waals surface area contributed by atoms with E-state index in [2.05, 4.69) is 53.4 Å². The van der Waals surface area contributed by atoms with E-state index in [-0.39, 0.29) is 6.10 Å². The number of morpholine rings is 1. The van der Waals surface area contributed by atoms with Gasteiger partial charge in [0.15, 0.2) is 5.96 Å². The van der Waals surface area contributed by atoms with Gasteiger partial charge in [-0.05, 0) is 31.4 Å². The summed E-state index contributed by atoms with van der Waals surface area (Å²) in [7, 11) is 1.93. The topological polar surface area (TPSA) is 54.7 Å². The molecular weight excluding hydrogens is 326 g/mol. The molecule has 26 heavy (non-hydrogen) atoms. The van der Waals surface area contributed by atoms with Crippen LogP contribution in [0, 0.1) is 6.92 Å². The summed E-state index contributed by atoms with van der Waals surface area (Å²) in [5, 5.41) is 7.69. The molecule has 0 aliphatic carbocycles. The molecule has 1 aromatic carbocycles. The molecule has 0 amide bonds. The van der Waals surface area contributed by atoms with Crippen LogP contribution >= 0.6 is 0 Å². The molecule has 1 fully saturated rings. The summed E-state index contributed by atoms with van der Waals surface area (Å²) < 4.78 is 7.77. The summed E-state index contributed by atoms with van der Waals surface area (Å²) >= 11 is 0. The molecule has 0 spiro atoms. The van der Waals surface area contributed by atoms with Crippen LogP contribution in [0.1, 0.15) is 29.7 Å². The predicted octanol–water partition coefficient (Wildman–Crippen LogP) is 2.31. The highest BCUT2D eigenvalue weighted by atomic mass is 16.5. The maximum Gasteiger partial charge on any atom is 0.194 e. The highest BCUT2D eigenvalue weighted by molar-refractivity contribution is 5.80. The first-order valence-electron chi connectivity index (χ1n) is 9.35. The van der Waals surface area contributed by atoms with Crippen LogP contribution in [0.4, 0.5) is 0 Å². The lowest BCUT2D eigenvalue weighted by Gasteiger charge is -2.34. The third-order valence-corrected chi connectivity index (χ3v) is 4.70. The van der Waals surface area contributed by atoms with Crippen LogP contribution in [-0.2, 0) is 18.2 Å². The highest BCUT2D eigenvalue weighted by Gasteiger charge is 2.25. The van der Waals surface area contributed by atoms with Crippen molar-refractivity contribution in [1.82, 2.24) is 20.0 Å². The van der Waals surface area contributed by atoms with E-state index in [1.165, 1.54) is 11.1 Å². The maximum absolute atomic E-state index is 5.95. The van der Waals surface area contributed by atoms with E-state index in [4.69, 9.17) is 9.73 Å². The van der Waals surface area contributed by atoms with Gasteiger partial charge in [0.1, 0.15) is 6.10 Å². The van der Waals surface area contributed by atoms with Gasteiger partial charge in [-0.3, -0.25) is 9.67 Å². The number of hydrogen-bond donors (Lipinski definition) is 1. The van der Waals surface area contributed by atoms with Gasteiger partial charge in [0.05, 0.1) is 19.3 Å². The Labute approximate surface area is 155 Å². The second-order valence-electron chi connectivity index (χ2n) is 6.66. The van der Waals surface area contributed by atoms with Gasteiger partial charge >= 0.3 is 0 Å². The van der Waals surface area contributed by atoms with E-state index in [0.717, 1.165) is 44.1 Å². The summed E-state index contributed by atoms with van der Waals surface area (Å²) in [4.78, 5) is 7.16. The van der Waals surface area contributed by atoms with Gasteiger partial charge in [-0.2, -0.15) is 5.10 Å². The SMILES string of the molecule is CCNC(=NCCc1ccccc1C)N1CCOC(c2cnn(C)c2)C1. The minimum absolute atomic E-state index is 0.0395. The molecule has 0 bridgehead atoms. The van der Waals surface area contributed by atoms with Gasteiger partial charge in [0.2, 0.25) is 0 Å². The molecule has 6 heteroatoms. The molecule has 3 rings (SSSR count). The van der Waals surface area contributed by atoms with Crippen molar-refractivity contribution in [1.29, 1.82) is 0 Å². The second-order valence-corrected chi connectivity index (χ2v) is 6.66. The fraction of sp³-hybridized carbons (Fsp3) is 0.500. The van der Waals surface area contributed by atoms with Crippen LogP contribution in [-0.4, -0.2) is 53.4 Å². The maximum atomic E-state index is 5.95. The number of ether oxygens (including phenoxy) is 1. The molecule has 1 aromatic heterocycles. The van der Waals surface area contributed by atoms with E-state index in [0.29, 0.717) is 6.61 Å². The Morgan fingerprint density at radius 2 is 2.23 bits per heavy atom. The zero-order valence-electron chi connectivity index (χ0n) is 16.0. The molecule has 1 aliphatic heterocycles. The van der Waals surface area contributed by atoms with Crippen LogP contribution in [0.5, 0.6) is 0 Å². The van der Waals surface area contributed by atoms with Gasteiger partial charge in [0.25, 0.3) is 0 Å². The molecule has 0 saturated carbocycles. The Hall–Kier alpha value is -2.34. The number of hydrogen-bond acceptors (Lipinski definition) is 3. The van der Waals surface area contributed by atoms with E-state index >= 15 is 0 Å². The van der Waals surface area contributed by atoms with Crippen molar-refractivity contribution in [3.8, 4) is 0 Å². The Morgan fingerprint density at radius 1 is 1.38 bits per heavy atom. The lowest BCUT2D eigenvalue weighted by atomic mass is 10.1. The van der Waals surface area contributed by atoms with Gasteiger partial charge in [0, 0.05) is 38.4 Å². The Balaban J connectivity index is 1.65. The minimum Gasteiger partial charge on any atom is -0.370 e. The van der Waals surface area contributed by atoms with E-state index in [1.807, 2.05) is 24.1 Å². The molecule has 1 N–H and O–H groups in total. The van der Waals surface area contributed by atoms with Crippen LogP contribution in [0.25, 0.3) is 0 Å². The Bertz CT molecular complexity index is 739. The van der Waals surface area contributed by atoms with Crippen molar-refractivity contribution in [3.63, 3.8) is 0 Å². The van der Waals surface area contributed by atoms with Crippen LogP contribution in [0.15, 0.2) is 41.7 Å². The first-order valence-corrected chi connectivity index (χ1v) is 9.35. The molecule has 1 aliphatic rings. The summed E-state index contributed by atoms with van der Waals surface area (Å²) in [6, 6.07) is 8.52. The predicted molar refractivity (Wildman–Crippen MR) is 104 cm³/mol. The number of aliphatic imine (C=N–C) groups is 1. The summed E-state index contributed by atoms with van der Waals surface area (Å²) in [5.74, 6) is 0.971. The molecule has 1 unspecified atom stereocenters. The smallest absolute Gasteiger partial charge is 0.194 e. The fourth-order valence-corrected chi connectivity index (χ4v) is 3.25. The number of aromatic nitrogens is 2. The van der Waals surface area contributed by atoms with Crippen molar-refractivity contribution in [2.75, 3.05) is 32.8 Å². The number of rotatable bonds is 5. The van der Waals surface area contributed by atoms with Gasteiger partial charge < -0.3 is 15.0 Å². The molecular formula is C20H29N5O. The summed E-state index contributed by atoms with van der Waals surface area (Å²) in [5.41, 5.74) is 3.81. The van der Waals surface area contributed by atoms with Crippen LogP contribution in [0.2, 0.25) is 0 Å². The standard InChI is InChI=1S/C20H29N5O/c1-4-21-20(22-10-9-17-8-6-5-7-16(17)2)25-11-12-26-19(15-25)18-13-23-24(3)14-18/h5-8,13-14,19H,4,9-12,15H2,1-3H3,(H,21,22). The average molecular weight is 355 g/mol. The quantitative estimate of drug-likeness (QED) is 0.661. The van der Waals surface area contributed by atoms with Crippen molar-refractivity contribution >= 4 is 5.96 Å². The second kappa shape index (κ2) is 8.85. The van der Waals surface area contributed by atoms with Gasteiger partial charge in [-0.25, -0.2) is 0 Å². The van der Waals surface area contributed by atoms with Gasteiger partial charge in [-0.1, -0.05) is 24.3 Å². The number of nitrogens with one attached hydrogen (secondary N) is 1. The lowest BCUT2D eigenvalue weighted by molar-refractivity contribution is -0.00803. The third-order valence-electron chi connectivity index (χ3n) is 4.70. The van der Waals surface area contributed by atoms with Crippen molar-refractivity contribution in [2.24, 2.45) is 12.0 Å². The monoisotopic (exact) mass is 355 g/mol.